The van der Waals surface area contributed by atoms with E-state index in [0.29, 0.717) is 19.3 Å². The van der Waals surface area contributed by atoms with Crippen molar-refractivity contribution in [1.82, 2.24) is 0 Å². The lowest BCUT2D eigenvalue weighted by Crippen LogP contribution is -2.29. The van der Waals surface area contributed by atoms with Crippen LogP contribution in [0.25, 0.3) is 0 Å². The summed E-state index contributed by atoms with van der Waals surface area (Å²) in [5.41, 5.74) is 0. The van der Waals surface area contributed by atoms with Crippen molar-refractivity contribution in [3.8, 4) is 0 Å². The number of esters is 2. The molecule has 10 heteroatoms. The molecule has 0 rings (SSSR count). The van der Waals surface area contributed by atoms with E-state index in [9.17, 15) is 19.3 Å². The molecule has 0 aliphatic rings. The van der Waals surface area contributed by atoms with Crippen molar-refractivity contribution in [3.05, 3.63) is 48.6 Å². The van der Waals surface area contributed by atoms with Crippen molar-refractivity contribution in [2.24, 2.45) is 0 Å². The van der Waals surface area contributed by atoms with Crippen LogP contribution >= 0.6 is 7.82 Å². The third kappa shape index (κ3) is 41.0. The number of aliphatic hydroxyl groups is 1. The lowest BCUT2D eigenvalue weighted by atomic mass is 10.0. The van der Waals surface area contributed by atoms with E-state index in [1.54, 1.807) is 12.2 Å². The Hall–Kier alpha value is -2.03. The molecule has 0 saturated carbocycles. The monoisotopic (exact) mass is 769 g/mol. The molecule has 0 aromatic carbocycles. The molecule has 0 aromatic heterocycles. The Morgan fingerprint density at radius 3 is 1.64 bits per heavy atom. The van der Waals surface area contributed by atoms with Crippen molar-refractivity contribution in [2.75, 3.05) is 13.2 Å². The van der Waals surface area contributed by atoms with E-state index in [0.717, 1.165) is 38.5 Å². The van der Waals surface area contributed by atoms with Gasteiger partial charge in [-0.1, -0.05) is 178 Å². The minimum absolute atomic E-state index is 0.0157. The fraction of sp³-hybridized carbons (Fsp3) is 0.767. The summed E-state index contributed by atoms with van der Waals surface area (Å²) in [7, 11) is -4.81. The van der Waals surface area contributed by atoms with Crippen LogP contribution < -0.4 is 0 Å². The first-order chi connectivity index (χ1) is 25.7. The minimum Gasteiger partial charge on any atom is -0.462 e. The van der Waals surface area contributed by atoms with Gasteiger partial charge in [0.1, 0.15) is 6.61 Å². The summed E-state index contributed by atoms with van der Waals surface area (Å²) < 4.78 is 26.3. The van der Waals surface area contributed by atoms with Crippen molar-refractivity contribution in [1.29, 1.82) is 0 Å². The number of phosphoric ester groups is 1. The molecule has 308 valence electrons. The van der Waals surface area contributed by atoms with Crippen LogP contribution in [0.3, 0.4) is 0 Å². The fourth-order valence-corrected chi connectivity index (χ4v) is 6.13. The van der Waals surface area contributed by atoms with Crippen molar-refractivity contribution < 1.29 is 43.0 Å². The predicted molar refractivity (Wildman–Crippen MR) is 217 cm³/mol. The second-order valence-corrected chi connectivity index (χ2v) is 15.4. The molecule has 3 N–H and O–H groups in total. The smallest absolute Gasteiger partial charge is 0.462 e. The van der Waals surface area contributed by atoms with Crippen LogP contribution in [0.1, 0.15) is 187 Å². The lowest BCUT2D eigenvalue weighted by Gasteiger charge is -2.18. The van der Waals surface area contributed by atoms with E-state index in [4.69, 9.17) is 19.3 Å². The van der Waals surface area contributed by atoms with Crippen LogP contribution in [-0.2, 0) is 28.2 Å². The standard InChI is InChI=1S/C43H77O9P/c1-3-5-7-9-11-13-15-17-18-19-20-22-24-26-28-30-32-36-42(45)50-38-41(39-51-53(47,48)49)52-43(46)37-33-35-40(44)34-31-29-27-25-23-21-16-14-12-10-8-6-4-2/h12,14,21,23,27,29,31,34,40-41,44H,3-11,13,15-20,22,24-26,28,30,32-33,35-39H2,1-2H3,(H2,47,48,49)/b14-12-,23-21-,29-27-,34-31+/t40-,41+/m0/s1. The molecule has 2 atom stereocenters. The number of unbranched alkanes of at least 4 members (excludes halogenated alkanes) is 19. The average Bonchev–Trinajstić information content (AvgIpc) is 3.12. The van der Waals surface area contributed by atoms with Gasteiger partial charge in [0.05, 0.1) is 12.7 Å². The fourth-order valence-electron chi connectivity index (χ4n) is 5.77. The Bertz CT molecular complexity index is 1020. The predicted octanol–water partition coefficient (Wildman–Crippen LogP) is 11.7. The van der Waals surface area contributed by atoms with Gasteiger partial charge in [0, 0.05) is 12.8 Å². The zero-order valence-electron chi connectivity index (χ0n) is 33.5. The van der Waals surface area contributed by atoms with E-state index < -0.39 is 38.6 Å². The summed E-state index contributed by atoms with van der Waals surface area (Å²) in [6, 6.07) is 0. The summed E-state index contributed by atoms with van der Waals surface area (Å²) in [6.45, 7) is 3.50. The number of aliphatic hydroxyl groups excluding tert-OH is 1. The largest absolute Gasteiger partial charge is 0.469 e. The van der Waals surface area contributed by atoms with Crippen LogP contribution in [0, 0.1) is 0 Å². The van der Waals surface area contributed by atoms with Gasteiger partial charge in [-0.15, -0.1) is 0 Å². The van der Waals surface area contributed by atoms with E-state index in [1.165, 1.54) is 103 Å². The van der Waals surface area contributed by atoms with Gasteiger partial charge in [-0.05, 0) is 44.9 Å². The van der Waals surface area contributed by atoms with E-state index >= 15 is 0 Å². The van der Waals surface area contributed by atoms with Gasteiger partial charge in [0.15, 0.2) is 6.10 Å². The topological polar surface area (TPSA) is 140 Å². The second kappa shape index (κ2) is 38.3. The summed E-state index contributed by atoms with van der Waals surface area (Å²) in [6.07, 6.45) is 42.9. The first kappa shape index (κ1) is 51.0. The molecular formula is C43H77O9P. The quantitative estimate of drug-likeness (QED) is 0.0184. The number of hydrogen-bond acceptors (Lipinski definition) is 7. The first-order valence-electron chi connectivity index (χ1n) is 21.0. The first-order valence-corrected chi connectivity index (χ1v) is 22.6. The highest BCUT2D eigenvalue weighted by molar-refractivity contribution is 7.46. The van der Waals surface area contributed by atoms with E-state index in [2.05, 4.69) is 42.7 Å². The molecule has 0 radical (unpaired) electrons. The Kier molecular flexibility index (Phi) is 36.8. The zero-order valence-corrected chi connectivity index (χ0v) is 34.4. The number of allylic oxidation sites excluding steroid dienone is 7. The van der Waals surface area contributed by atoms with Gasteiger partial charge in [0.2, 0.25) is 0 Å². The Morgan fingerprint density at radius 1 is 0.585 bits per heavy atom. The third-order valence-electron chi connectivity index (χ3n) is 8.95. The maximum Gasteiger partial charge on any atom is 0.469 e. The summed E-state index contributed by atoms with van der Waals surface area (Å²) in [5, 5.41) is 10.2. The van der Waals surface area contributed by atoms with Gasteiger partial charge in [-0.3, -0.25) is 14.1 Å². The summed E-state index contributed by atoms with van der Waals surface area (Å²) in [4.78, 5) is 42.8. The van der Waals surface area contributed by atoms with Crippen molar-refractivity contribution in [3.63, 3.8) is 0 Å². The molecule has 0 amide bonds. The van der Waals surface area contributed by atoms with Crippen molar-refractivity contribution >= 4 is 19.8 Å². The Labute approximate surface area is 323 Å². The van der Waals surface area contributed by atoms with Crippen LogP contribution in [0.15, 0.2) is 48.6 Å². The molecule has 0 aliphatic heterocycles. The number of carbonyl (C=O) groups excluding carboxylic acids is 2. The SMILES string of the molecule is CCCCC/C=C\C/C=C\C/C=C\C=C\[C@H](O)CCCC(=O)O[C@H](COC(=O)CCCCCCCCCCCCCCCCCCC)COP(=O)(O)O. The molecular weight excluding hydrogens is 691 g/mol. The molecule has 0 heterocycles. The van der Waals surface area contributed by atoms with Crippen LogP contribution in [0.4, 0.5) is 0 Å². The van der Waals surface area contributed by atoms with E-state index in [-0.39, 0.29) is 19.4 Å². The third-order valence-corrected chi connectivity index (χ3v) is 9.44. The van der Waals surface area contributed by atoms with Gasteiger partial charge >= 0.3 is 19.8 Å². The van der Waals surface area contributed by atoms with Crippen LogP contribution in [-0.4, -0.2) is 52.3 Å². The lowest BCUT2D eigenvalue weighted by molar-refractivity contribution is -0.161. The number of hydrogen-bond donors (Lipinski definition) is 3. The summed E-state index contributed by atoms with van der Waals surface area (Å²) >= 11 is 0. The molecule has 9 nitrogen and oxygen atoms in total. The van der Waals surface area contributed by atoms with Gasteiger partial charge in [-0.25, -0.2) is 4.57 Å². The average molecular weight is 769 g/mol. The molecule has 0 aromatic rings. The highest BCUT2D eigenvalue weighted by Crippen LogP contribution is 2.36. The molecule has 0 unspecified atom stereocenters. The number of phosphoric acid groups is 1. The Balaban J connectivity index is 4.10. The van der Waals surface area contributed by atoms with Crippen LogP contribution in [0.5, 0.6) is 0 Å². The molecule has 0 spiro atoms. The summed E-state index contributed by atoms with van der Waals surface area (Å²) in [5.74, 6) is -1.08. The number of ether oxygens (including phenoxy) is 2. The number of rotatable bonds is 38. The van der Waals surface area contributed by atoms with Gasteiger partial charge < -0.3 is 24.4 Å². The maximum absolute atomic E-state index is 12.4. The minimum atomic E-state index is -4.81. The maximum atomic E-state index is 12.4. The highest BCUT2D eigenvalue weighted by atomic mass is 31.2. The molecule has 53 heavy (non-hydrogen) atoms. The highest BCUT2D eigenvalue weighted by Gasteiger charge is 2.23. The molecule has 0 saturated heterocycles. The molecule has 0 aliphatic carbocycles. The zero-order chi connectivity index (χ0) is 39.1. The number of carbonyl (C=O) groups is 2. The van der Waals surface area contributed by atoms with E-state index in [1.807, 2.05) is 12.2 Å². The van der Waals surface area contributed by atoms with Crippen LogP contribution in [0.2, 0.25) is 0 Å². The van der Waals surface area contributed by atoms with Gasteiger partial charge in [0.25, 0.3) is 0 Å². The Morgan fingerprint density at radius 2 is 1.08 bits per heavy atom. The van der Waals surface area contributed by atoms with Crippen molar-refractivity contribution in [2.45, 2.75) is 199 Å². The second-order valence-electron chi connectivity index (χ2n) is 14.2. The molecule has 0 fully saturated rings. The molecule has 0 bridgehead atoms. The normalized spacial score (nSPS) is 13.5. The van der Waals surface area contributed by atoms with Gasteiger partial charge in [-0.2, -0.15) is 0 Å².